The molecule has 4 aliphatic rings. The molecule has 0 bridgehead atoms. The molecule has 0 saturated carbocycles. The predicted octanol–water partition coefficient (Wildman–Crippen LogP) is 28.6. The molecule has 0 radical (unpaired) electrons. The summed E-state index contributed by atoms with van der Waals surface area (Å²) in [5, 5.41) is 13.6. The van der Waals surface area contributed by atoms with E-state index in [-0.39, 0.29) is 7.43 Å². The number of rotatable bonds is 0. The van der Waals surface area contributed by atoms with Gasteiger partial charge in [0.15, 0.2) is 12.0 Å². The van der Waals surface area contributed by atoms with Crippen molar-refractivity contribution in [3.05, 3.63) is 302 Å². The SMILES string of the molecule is C.CC.CC.CC.CC.CC.CC.CC.CC.CC.CC.c1cc2c(cn1)OCC2.c1ccc2[nH]ccc2c1.c1ccc2[nH]cnc2c1.c1ccc2ncccc2c1.c1ccc2ocnc2c1.c1ccc2sccc2c1.c1ccc2scnc2c1.c1cnc2c(c1)CCC2.c1cnc2c(c1)N=NC2.c1ncc2c(n1)OCC2. The number of nitrogens with zero attached hydrogens (tertiary/aromatic N) is 11. The van der Waals surface area contributed by atoms with E-state index < -0.39 is 0 Å². The number of aromatic nitrogens is 11. The van der Waals surface area contributed by atoms with Gasteiger partial charge in [-0.25, -0.2) is 24.9 Å². The molecule has 598 valence electrons. The molecule has 10 aromatic heterocycles. The fourth-order valence-electron chi connectivity index (χ4n) is 9.52. The predicted molar refractivity (Wildman–Crippen MR) is 485 cm³/mol. The van der Waals surface area contributed by atoms with E-state index in [4.69, 9.17) is 13.9 Å². The minimum atomic E-state index is 0. The molecule has 0 saturated heterocycles. The van der Waals surface area contributed by atoms with E-state index in [1.165, 1.54) is 79.9 Å². The normalized spacial score (nSPS) is 10.2. The summed E-state index contributed by atoms with van der Waals surface area (Å²) in [4.78, 5) is 42.5. The number of pyridine rings is 4. The number of thiophene rings is 1. The Hall–Kier alpha value is -11.2. The fourth-order valence-corrected chi connectivity index (χ4v) is 11.0. The number of hydrogen-bond donors (Lipinski definition) is 2. The van der Waals surface area contributed by atoms with Crippen LogP contribution in [0.2, 0.25) is 0 Å². The van der Waals surface area contributed by atoms with Crippen molar-refractivity contribution < 1.29 is 13.9 Å². The van der Waals surface area contributed by atoms with Gasteiger partial charge in [-0.15, -0.1) is 22.7 Å². The summed E-state index contributed by atoms with van der Waals surface area (Å²) in [7, 11) is 0. The third-order valence-corrected chi connectivity index (χ3v) is 15.8. The van der Waals surface area contributed by atoms with E-state index in [2.05, 4.69) is 143 Å². The molecule has 1 aliphatic carbocycles. The van der Waals surface area contributed by atoms with Gasteiger partial charge in [0.2, 0.25) is 5.88 Å². The highest BCUT2D eigenvalue weighted by Crippen LogP contribution is 2.25. The van der Waals surface area contributed by atoms with E-state index in [9.17, 15) is 0 Å². The van der Waals surface area contributed by atoms with Crippen LogP contribution in [-0.4, -0.2) is 68.0 Å². The number of nitrogens with one attached hydrogen (secondary N) is 2. The average Bonchev–Trinajstić information content (AvgIpc) is 1.87. The Kier molecular flexibility index (Phi) is 61.1. The van der Waals surface area contributed by atoms with E-state index in [0.29, 0.717) is 6.54 Å². The summed E-state index contributed by atoms with van der Waals surface area (Å²) in [5.41, 5.74) is 16.2. The number of imidazole rings is 1. The number of aromatic amines is 2. The van der Waals surface area contributed by atoms with Gasteiger partial charge in [0.1, 0.15) is 29.8 Å². The van der Waals surface area contributed by atoms with Crippen molar-refractivity contribution >= 4 is 92.6 Å². The van der Waals surface area contributed by atoms with Crippen LogP contribution in [0.1, 0.15) is 180 Å². The molecule has 0 amide bonds. The Balaban J connectivity index is 0.00000119. The molecule has 0 unspecified atom stereocenters. The second kappa shape index (κ2) is 67.9. The summed E-state index contributed by atoms with van der Waals surface area (Å²) < 4.78 is 18.0. The molecule has 20 rings (SSSR count). The van der Waals surface area contributed by atoms with Crippen LogP contribution in [0.3, 0.4) is 0 Å². The van der Waals surface area contributed by atoms with Crippen molar-refractivity contribution in [2.75, 3.05) is 13.2 Å². The Labute approximate surface area is 678 Å². The molecule has 16 aromatic rings. The van der Waals surface area contributed by atoms with Gasteiger partial charge in [-0.1, -0.05) is 249 Å². The van der Waals surface area contributed by atoms with Crippen molar-refractivity contribution in [2.24, 2.45) is 10.2 Å². The second-order valence-corrected chi connectivity index (χ2v) is 22.0. The molecule has 0 atom stereocenters. The van der Waals surface area contributed by atoms with E-state index >= 15 is 0 Å². The quantitative estimate of drug-likeness (QED) is 0.146. The Morgan fingerprint density at radius 1 is 0.375 bits per heavy atom. The Morgan fingerprint density at radius 2 is 0.955 bits per heavy atom. The zero-order valence-corrected chi connectivity index (χ0v) is 71.2. The fraction of sp³-hybridized carbons (Fsp3) is 0.309. The summed E-state index contributed by atoms with van der Waals surface area (Å²) in [6, 6.07) is 66.6. The number of para-hydroxylation sites is 7. The van der Waals surface area contributed by atoms with Crippen LogP contribution in [0.15, 0.2) is 288 Å². The van der Waals surface area contributed by atoms with Gasteiger partial charge in [-0.3, -0.25) is 19.9 Å². The number of ether oxygens (including phenoxy) is 2. The zero-order chi connectivity index (χ0) is 81.8. The molecule has 16 nitrogen and oxygen atoms in total. The lowest BCUT2D eigenvalue weighted by Gasteiger charge is -1.92. The molecule has 2 N–H and O–H groups in total. The van der Waals surface area contributed by atoms with Crippen molar-refractivity contribution in [3.63, 3.8) is 0 Å². The maximum Gasteiger partial charge on any atom is 0.219 e. The standard InChI is InChI=1S/C9H7N.C8H9N.C8H7N.C8H6S.C7H6N2.C7H7NO.C7H5NO.C7H5NS.C6H5N3.C6H6N2O.10C2H6.CH4/c1-2-6-9-8(4-1)5-3-7-10-9;1-3-7-4-2-6-9-8(7)5-1;2*1-2-4-8-7(3-1)5-6-9-8;1-2-4-7-6(3-1)8-5-9-7;1-3-8-5-7-6(1)2-4-9-7;2*1-2-4-7-6(3-1)8-5-9-7;1-2-5-6(7-3-1)4-8-9-5;1-2-9-6-5(1)3-7-4-8-6;10*1-2;/h1-7H;2,4,6H,1,3,5H2;1-6,9H;1-6H;1-5H,(H,8,9);1,3,5H,2,4H2;2*1-5H;1-3H,4H2;3-4H,1-2H2;10*1-2H3;1H4. The van der Waals surface area contributed by atoms with Crippen molar-refractivity contribution in [1.29, 1.82) is 0 Å². The number of azo groups is 1. The summed E-state index contributed by atoms with van der Waals surface area (Å²) in [5.74, 6) is 1.71. The van der Waals surface area contributed by atoms with Crippen LogP contribution in [0.4, 0.5) is 5.69 Å². The van der Waals surface area contributed by atoms with Crippen LogP contribution >= 0.6 is 22.7 Å². The van der Waals surface area contributed by atoms with E-state index in [1.807, 2.05) is 290 Å². The van der Waals surface area contributed by atoms with Crippen molar-refractivity contribution in [1.82, 2.24) is 54.8 Å². The highest BCUT2D eigenvalue weighted by molar-refractivity contribution is 7.17. The minimum Gasteiger partial charge on any atom is -0.491 e. The highest BCUT2D eigenvalue weighted by Gasteiger charge is 2.12. The van der Waals surface area contributed by atoms with Crippen LogP contribution in [0.5, 0.6) is 11.6 Å². The first kappa shape index (κ1) is 101. The molecule has 18 heteroatoms. The number of benzene rings is 6. The number of fused-ring (bicyclic) bond motifs is 10. The smallest absolute Gasteiger partial charge is 0.219 e. The first-order valence-corrected chi connectivity index (χ1v) is 41.3. The highest BCUT2D eigenvalue weighted by atomic mass is 32.1. The van der Waals surface area contributed by atoms with Crippen LogP contribution in [-0.2, 0) is 32.2 Å². The number of oxazole rings is 1. The lowest BCUT2D eigenvalue weighted by molar-refractivity contribution is 0.344. The molecule has 0 spiro atoms. The summed E-state index contributed by atoms with van der Waals surface area (Å²) in [6.07, 6.45) is 23.1. The van der Waals surface area contributed by atoms with Crippen molar-refractivity contribution in [3.8, 4) is 11.6 Å². The monoisotopic (exact) mass is 1550 g/mol. The van der Waals surface area contributed by atoms with Gasteiger partial charge in [0.05, 0.1) is 63.7 Å². The van der Waals surface area contributed by atoms with Gasteiger partial charge >= 0.3 is 0 Å². The second-order valence-electron chi connectivity index (χ2n) is 20.1. The topological polar surface area (TPSA) is 204 Å². The molecule has 6 aromatic carbocycles. The lowest BCUT2D eigenvalue weighted by atomic mass is 10.2. The van der Waals surface area contributed by atoms with E-state index in [0.717, 1.165) is 87.8 Å². The van der Waals surface area contributed by atoms with Crippen LogP contribution < -0.4 is 9.47 Å². The molecule has 0 fully saturated rings. The zero-order valence-electron chi connectivity index (χ0n) is 69.6. The van der Waals surface area contributed by atoms with Gasteiger partial charge < -0.3 is 23.9 Å². The van der Waals surface area contributed by atoms with E-state index in [1.54, 1.807) is 53.8 Å². The first-order valence-electron chi connectivity index (χ1n) is 39.6. The van der Waals surface area contributed by atoms with Crippen LogP contribution in [0.25, 0.3) is 64.2 Å². The Bertz CT molecular complexity index is 4040. The first-order chi connectivity index (χ1) is 55.2. The number of aryl methyl sites for hydroxylation is 2. The molecule has 112 heavy (non-hydrogen) atoms. The van der Waals surface area contributed by atoms with Gasteiger partial charge in [-0.2, -0.15) is 10.2 Å². The number of H-pyrrole nitrogens is 2. The number of thiazole rings is 1. The van der Waals surface area contributed by atoms with Gasteiger partial charge in [0.25, 0.3) is 0 Å². The molecule has 13 heterocycles. The van der Waals surface area contributed by atoms with Crippen molar-refractivity contribution in [2.45, 2.75) is 185 Å². The molecular weight excluding hydrogens is 1420 g/mol. The van der Waals surface area contributed by atoms with Crippen LogP contribution in [0, 0.1) is 0 Å². The lowest BCUT2D eigenvalue weighted by Crippen LogP contribution is -1.87. The summed E-state index contributed by atoms with van der Waals surface area (Å²) in [6.45, 7) is 42.2. The maximum absolute atomic E-state index is 5.24. The number of hydrogen-bond acceptors (Lipinski definition) is 16. The summed E-state index contributed by atoms with van der Waals surface area (Å²) >= 11 is 3.46. The van der Waals surface area contributed by atoms with Gasteiger partial charge in [0, 0.05) is 82.4 Å². The van der Waals surface area contributed by atoms with Gasteiger partial charge in [-0.05, 0) is 138 Å². The third kappa shape index (κ3) is 37.0. The Morgan fingerprint density at radius 3 is 1.61 bits per heavy atom. The third-order valence-electron chi connectivity index (χ3n) is 14.1. The minimum absolute atomic E-state index is 0. The molecule has 3 aliphatic heterocycles. The largest absolute Gasteiger partial charge is 0.491 e. The average molecular weight is 1550 g/mol. The molecular formula is C94H127N13O3S2. The maximum atomic E-state index is 5.24.